The Morgan fingerprint density at radius 3 is 1.31 bits per heavy atom. The van der Waals surface area contributed by atoms with Crippen molar-refractivity contribution in [2.24, 2.45) is 5.73 Å². The van der Waals surface area contributed by atoms with Gasteiger partial charge in [0, 0.05) is 19.6 Å². The second-order valence-electron chi connectivity index (χ2n) is 17.0. The number of carbonyl (C=O) groups excluding carboxylic acids is 1. The van der Waals surface area contributed by atoms with E-state index in [9.17, 15) is 14.3 Å². The number of nitrogens with two attached hydrogens (primary N) is 1. The summed E-state index contributed by atoms with van der Waals surface area (Å²) in [5, 5.41) is 0. The number of allylic oxidation sites excluding steroid dienone is 14. The van der Waals surface area contributed by atoms with Gasteiger partial charge in [-0.1, -0.05) is 208 Å². The van der Waals surface area contributed by atoms with Gasteiger partial charge in [-0.15, -0.1) is 0 Å². The molecule has 8 nitrogen and oxygen atoms in total. The van der Waals surface area contributed by atoms with Crippen molar-refractivity contribution in [2.45, 2.75) is 225 Å². The molecule has 0 aliphatic heterocycles. The Labute approximate surface area is 394 Å². The average molecular weight is 916 g/mol. The van der Waals surface area contributed by atoms with Gasteiger partial charge >= 0.3 is 13.8 Å². The molecule has 0 aromatic heterocycles. The van der Waals surface area contributed by atoms with Gasteiger partial charge in [-0.25, -0.2) is 4.57 Å². The van der Waals surface area contributed by atoms with Crippen LogP contribution in [0.5, 0.6) is 0 Å². The van der Waals surface area contributed by atoms with Gasteiger partial charge in [0.25, 0.3) is 0 Å². The average Bonchev–Trinajstić information content (AvgIpc) is 3.29. The van der Waals surface area contributed by atoms with Crippen LogP contribution >= 0.6 is 7.82 Å². The summed E-state index contributed by atoms with van der Waals surface area (Å²) in [6, 6.07) is 0. The van der Waals surface area contributed by atoms with Gasteiger partial charge < -0.3 is 20.1 Å². The predicted octanol–water partition coefficient (Wildman–Crippen LogP) is 16.4. The van der Waals surface area contributed by atoms with E-state index in [2.05, 4.69) is 98.9 Å². The van der Waals surface area contributed by atoms with Crippen molar-refractivity contribution in [3.63, 3.8) is 0 Å². The predicted molar refractivity (Wildman–Crippen MR) is 275 cm³/mol. The molecular formula is C55H98NO7P. The molecule has 0 aromatic rings. The lowest BCUT2D eigenvalue weighted by Crippen LogP contribution is -2.28. The summed E-state index contributed by atoms with van der Waals surface area (Å²) >= 11 is 0. The molecular weight excluding hydrogens is 818 g/mol. The Balaban J connectivity index is 3.99. The lowest BCUT2D eigenvalue weighted by Gasteiger charge is -2.20. The number of phosphoric acid groups is 1. The molecule has 0 aliphatic rings. The van der Waals surface area contributed by atoms with Crippen molar-refractivity contribution in [3.8, 4) is 0 Å². The van der Waals surface area contributed by atoms with Gasteiger partial charge in [0.2, 0.25) is 0 Å². The van der Waals surface area contributed by atoms with Gasteiger partial charge in [0.15, 0.2) is 0 Å². The number of phosphoric ester groups is 1. The number of unbranched alkanes of at least 4 members (excludes halogenated alkanes) is 22. The molecule has 0 bridgehead atoms. The summed E-state index contributed by atoms with van der Waals surface area (Å²) in [5.74, 6) is -0.339. The molecule has 0 aromatic carbocycles. The minimum Gasteiger partial charge on any atom is -0.457 e. The first kappa shape index (κ1) is 61.7. The van der Waals surface area contributed by atoms with Gasteiger partial charge in [0.1, 0.15) is 6.10 Å². The van der Waals surface area contributed by atoms with E-state index in [1.807, 2.05) is 0 Å². The van der Waals surface area contributed by atoms with Crippen LogP contribution in [-0.2, 0) is 27.9 Å². The van der Waals surface area contributed by atoms with Gasteiger partial charge in [-0.2, -0.15) is 0 Å². The summed E-state index contributed by atoms with van der Waals surface area (Å²) in [4.78, 5) is 22.6. The maximum absolute atomic E-state index is 12.7. The Hall–Kier alpha value is -2.32. The third kappa shape index (κ3) is 50.7. The van der Waals surface area contributed by atoms with Crippen molar-refractivity contribution in [1.29, 1.82) is 0 Å². The standard InChI is InChI=1S/C55H98NO7P/c1-3-5-7-9-11-13-15-17-19-21-23-25-26-27-29-31-33-35-37-39-41-43-45-47-50-60-52-54(53-62-64(58,59)61-51-49-56)63-55(57)48-46-44-42-40-38-36-34-32-30-28-24-22-20-18-16-14-12-10-8-6-4-2/h5,7,11,13,16-19,22-25,27,29,54H,3-4,6,8-10,12,14-15,20-21,26,28,30-53,56H2,1-2H3,(H,58,59)/b7-5-,13-11-,18-16-,19-17-,24-22-,25-23-,29-27-. The highest BCUT2D eigenvalue weighted by molar-refractivity contribution is 7.47. The molecule has 0 fully saturated rings. The van der Waals surface area contributed by atoms with E-state index in [1.54, 1.807) is 0 Å². The van der Waals surface area contributed by atoms with Crippen LogP contribution in [0.1, 0.15) is 219 Å². The lowest BCUT2D eigenvalue weighted by molar-refractivity contribution is -0.154. The summed E-state index contributed by atoms with van der Waals surface area (Å²) in [6.07, 6.45) is 67.5. The summed E-state index contributed by atoms with van der Waals surface area (Å²) in [7, 11) is -4.29. The third-order valence-electron chi connectivity index (χ3n) is 10.8. The normalized spacial score (nSPS) is 14.0. The fourth-order valence-corrected chi connectivity index (χ4v) is 7.76. The van der Waals surface area contributed by atoms with E-state index in [0.717, 1.165) is 77.0 Å². The van der Waals surface area contributed by atoms with Gasteiger partial charge in [-0.3, -0.25) is 13.8 Å². The second kappa shape index (κ2) is 51.7. The van der Waals surface area contributed by atoms with Crippen LogP contribution in [0.2, 0.25) is 0 Å². The first-order valence-corrected chi connectivity index (χ1v) is 27.6. The van der Waals surface area contributed by atoms with E-state index in [0.29, 0.717) is 13.0 Å². The van der Waals surface area contributed by atoms with Gasteiger partial charge in [0.05, 0.1) is 19.8 Å². The molecule has 0 saturated carbocycles. The SMILES string of the molecule is CC/C=C\C/C=C\C/C=C\C/C=C\C/C=C\CCCCCCCCCCOCC(COP(=O)(O)OCCN)OC(=O)CCCCCCCCCCC/C=C\C/C=C\CCCCCCC. The van der Waals surface area contributed by atoms with Crippen molar-refractivity contribution < 1.29 is 32.8 Å². The zero-order valence-electron chi connectivity index (χ0n) is 41.2. The highest BCUT2D eigenvalue weighted by atomic mass is 31.2. The highest BCUT2D eigenvalue weighted by Gasteiger charge is 2.25. The second-order valence-corrected chi connectivity index (χ2v) is 18.5. The maximum Gasteiger partial charge on any atom is 0.472 e. The molecule has 0 amide bonds. The first-order valence-electron chi connectivity index (χ1n) is 26.1. The smallest absolute Gasteiger partial charge is 0.457 e. The van der Waals surface area contributed by atoms with E-state index < -0.39 is 13.9 Å². The number of ether oxygens (including phenoxy) is 2. The molecule has 2 unspecified atom stereocenters. The number of esters is 1. The number of carbonyl (C=O) groups is 1. The van der Waals surface area contributed by atoms with Crippen LogP contribution in [-0.4, -0.2) is 49.9 Å². The molecule has 0 heterocycles. The van der Waals surface area contributed by atoms with Crippen LogP contribution in [0.25, 0.3) is 0 Å². The van der Waals surface area contributed by atoms with Crippen molar-refractivity contribution in [1.82, 2.24) is 0 Å². The largest absolute Gasteiger partial charge is 0.472 e. The zero-order valence-corrected chi connectivity index (χ0v) is 42.1. The zero-order chi connectivity index (χ0) is 46.5. The van der Waals surface area contributed by atoms with E-state index in [-0.39, 0.29) is 32.3 Å². The van der Waals surface area contributed by atoms with E-state index in [1.165, 1.54) is 122 Å². The topological polar surface area (TPSA) is 117 Å². The minimum absolute atomic E-state index is 0.0941. The molecule has 0 rings (SSSR count). The van der Waals surface area contributed by atoms with E-state index in [4.69, 9.17) is 24.3 Å². The Kier molecular flexibility index (Phi) is 49.8. The van der Waals surface area contributed by atoms with Crippen molar-refractivity contribution in [3.05, 3.63) is 85.1 Å². The van der Waals surface area contributed by atoms with Crippen LogP contribution in [0.3, 0.4) is 0 Å². The molecule has 2 atom stereocenters. The van der Waals surface area contributed by atoms with Crippen LogP contribution < -0.4 is 5.73 Å². The summed E-state index contributed by atoms with van der Waals surface area (Å²) in [5.41, 5.74) is 5.39. The fourth-order valence-electron chi connectivity index (χ4n) is 7.00. The molecule has 0 spiro atoms. The summed E-state index contributed by atoms with van der Waals surface area (Å²) in [6.45, 7) is 4.78. The molecule has 370 valence electrons. The molecule has 0 radical (unpaired) electrons. The molecule has 0 aliphatic carbocycles. The lowest BCUT2D eigenvalue weighted by atomic mass is 10.1. The number of rotatable bonds is 49. The molecule has 9 heteroatoms. The quantitative estimate of drug-likeness (QED) is 0.0268. The van der Waals surface area contributed by atoms with E-state index >= 15 is 0 Å². The monoisotopic (exact) mass is 916 g/mol. The molecule has 0 saturated heterocycles. The van der Waals surface area contributed by atoms with Gasteiger partial charge in [-0.05, 0) is 89.9 Å². The third-order valence-corrected chi connectivity index (χ3v) is 11.8. The fraction of sp³-hybridized carbons (Fsp3) is 0.727. The number of hydrogen-bond acceptors (Lipinski definition) is 7. The Bertz CT molecular complexity index is 1260. The Morgan fingerprint density at radius 1 is 0.484 bits per heavy atom. The van der Waals surface area contributed by atoms with Crippen molar-refractivity contribution in [2.75, 3.05) is 33.0 Å². The van der Waals surface area contributed by atoms with Crippen LogP contribution in [0.4, 0.5) is 0 Å². The van der Waals surface area contributed by atoms with Crippen LogP contribution in [0.15, 0.2) is 85.1 Å². The first-order chi connectivity index (χ1) is 31.4. The van der Waals surface area contributed by atoms with Crippen LogP contribution in [0, 0.1) is 0 Å². The highest BCUT2D eigenvalue weighted by Crippen LogP contribution is 2.43. The van der Waals surface area contributed by atoms with Crippen molar-refractivity contribution >= 4 is 13.8 Å². The summed E-state index contributed by atoms with van der Waals surface area (Å²) < 4.78 is 33.6. The molecule has 64 heavy (non-hydrogen) atoms. The molecule has 3 N–H and O–H groups in total. The Morgan fingerprint density at radius 2 is 0.875 bits per heavy atom. The minimum atomic E-state index is -4.29. The maximum atomic E-state index is 12.7. The number of hydrogen-bond donors (Lipinski definition) is 2.